The zero-order valence-corrected chi connectivity index (χ0v) is 10.7. The van der Waals surface area contributed by atoms with Crippen LogP contribution in [0.1, 0.15) is 77.0 Å². The van der Waals surface area contributed by atoms with Crippen LogP contribution < -0.4 is 5.73 Å². The summed E-state index contributed by atoms with van der Waals surface area (Å²) in [6.45, 7) is 0.845. The van der Waals surface area contributed by atoms with Crippen molar-refractivity contribution in [1.29, 1.82) is 0 Å². The summed E-state index contributed by atoms with van der Waals surface area (Å²) in [5.41, 5.74) is 5.43. The highest BCUT2D eigenvalue weighted by atomic mass is 16.1. The third kappa shape index (κ3) is 13.6. The first-order valence-corrected chi connectivity index (χ1v) is 6.97. The summed E-state index contributed by atoms with van der Waals surface area (Å²) < 4.78 is 0. The van der Waals surface area contributed by atoms with E-state index < -0.39 is 0 Å². The lowest BCUT2D eigenvalue weighted by Crippen LogP contribution is -1.97. The van der Waals surface area contributed by atoms with Crippen LogP contribution in [0.25, 0.3) is 0 Å². The van der Waals surface area contributed by atoms with Crippen molar-refractivity contribution in [2.24, 2.45) is 5.73 Å². The van der Waals surface area contributed by atoms with Crippen molar-refractivity contribution in [2.75, 3.05) is 6.54 Å². The Labute approximate surface area is 101 Å². The van der Waals surface area contributed by atoms with Crippen LogP contribution in [0.2, 0.25) is 0 Å². The maximum atomic E-state index is 9.95. The van der Waals surface area contributed by atoms with Gasteiger partial charge in [-0.3, -0.25) is 4.79 Å². The Morgan fingerprint density at radius 1 is 0.625 bits per heavy atom. The predicted molar refractivity (Wildman–Crippen MR) is 70.2 cm³/mol. The summed E-state index contributed by atoms with van der Waals surface area (Å²) in [7, 11) is 0. The molecule has 0 saturated heterocycles. The van der Waals surface area contributed by atoms with E-state index in [4.69, 9.17) is 5.73 Å². The highest BCUT2D eigenvalue weighted by molar-refractivity contribution is 5.50. The van der Waals surface area contributed by atoms with Gasteiger partial charge in [0.1, 0.15) is 0 Å². The summed E-state index contributed by atoms with van der Waals surface area (Å²) in [6, 6.07) is 0. The molecule has 0 aromatic carbocycles. The highest BCUT2D eigenvalue weighted by Gasteiger charge is 1.93. The zero-order valence-electron chi connectivity index (χ0n) is 10.7. The van der Waals surface area contributed by atoms with Gasteiger partial charge in [-0.25, -0.2) is 0 Å². The van der Waals surface area contributed by atoms with Gasteiger partial charge in [0.15, 0.2) is 6.29 Å². The van der Waals surface area contributed by atoms with Crippen molar-refractivity contribution in [3.8, 4) is 0 Å². The van der Waals surface area contributed by atoms with Crippen LogP contribution in [0.15, 0.2) is 0 Å². The van der Waals surface area contributed by atoms with Crippen molar-refractivity contribution in [3.63, 3.8) is 0 Å². The fourth-order valence-corrected chi connectivity index (χ4v) is 1.93. The Morgan fingerprint density at radius 2 is 1.00 bits per heavy atom. The van der Waals surface area contributed by atoms with Crippen LogP contribution in [-0.4, -0.2) is 12.8 Å². The standard InChI is InChI=1S/C14H28NO/c15-13-11-9-7-5-3-1-2-4-6-8-10-12-14-16/h1-13,15H2. The lowest BCUT2D eigenvalue weighted by Gasteiger charge is -2.01. The maximum Gasteiger partial charge on any atom is 0.198 e. The average molecular weight is 226 g/mol. The first kappa shape index (κ1) is 15.6. The Hall–Kier alpha value is -0.370. The summed E-state index contributed by atoms with van der Waals surface area (Å²) in [5.74, 6) is 0. The Bertz CT molecular complexity index is 137. The molecule has 0 fully saturated rings. The highest BCUT2D eigenvalue weighted by Crippen LogP contribution is 2.11. The second-order valence-electron chi connectivity index (χ2n) is 4.57. The first-order chi connectivity index (χ1) is 7.91. The molecule has 2 N–H and O–H groups in total. The van der Waals surface area contributed by atoms with Crippen LogP contribution in [0.5, 0.6) is 0 Å². The Balaban J connectivity index is 2.85. The molecular weight excluding hydrogens is 198 g/mol. The van der Waals surface area contributed by atoms with E-state index in [1.165, 1.54) is 64.2 Å². The number of carbonyl (C=O) groups excluding carboxylic acids is 1. The summed E-state index contributed by atoms with van der Waals surface area (Å²) in [4.78, 5) is 9.95. The molecule has 0 unspecified atom stereocenters. The van der Waals surface area contributed by atoms with E-state index in [0.717, 1.165) is 13.0 Å². The van der Waals surface area contributed by atoms with Gasteiger partial charge in [0.05, 0.1) is 0 Å². The van der Waals surface area contributed by atoms with E-state index in [1.807, 2.05) is 6.29 Å². The van der Waals surface area contributed by atoms with Gasteiger partial charge in [-0.15, -0.1) is 0 Å². The monoisotopic (exact) mass is 226 g/mol. The van der Waals surface area contributed by atoms with Crippen LogP contribution in [0.4, 0.5) is 0 Å². The number of nitrogens with two attached hydrogens (primary N) is 1. The molecule has 0 spiro atoms. The fourth-order valence-electron chi connectivity index (χ4n) is 1.93. The maximum absolute atomic E-state index is 9.95. The van der Waals surface area contributed by atoms with Crippen molar-refractivity contribution in [1.82, 2.24) is 0 Å². The third-order valence-electron chi connectivity index (χ3n) is 2.98. The SMILES string of the molecule is NCCCCCCCCCCCCC[C]=O. The lowest BCUT2D eigenvalue weighted by molar-refractivity contribution is 0.533. The second-order valence-corrected chi connectivity index (χ2v) is 4.57. The predicted octanol–water partition coefficient (Wildman–Crippen LogP) is 3.74. The van der Waals surface area contributed by atoms with E-state index in [-0.39, 0.29) is 0 Å². The van der Waals surface area contributed by atoms with Crippen LogP contribution in [0.3, 0.4) is 0 Å². The van der Waals surface area contributed by atoms with Crippen LogP contribution in [0, 0.1) is 0 Å². The van der Waals surface area contributed by atoms with Crippen molar-refractivity contribution >= 4 is 6.29 Å². The molecule has 0 atom stereocenters. The zero-order chi connectivity index (χ0) is 11.9. The molecular formula is C14H28NO. The molecule has 1 radical (unpaired) electrons. The normalized spacial score (nSPS) is 10.6. The van der Waals surface area contributed by atoms with Crippen molar-refractivity contribution in [2.45, 2.75) is 77.0 Å². The molecule has 0 aliphatic rings. The quantitative estimate of drug-likeness (QED) is 0.486. The smallest absolute Gasteiger partial charge is 0.198 e. The van der Waals surface area contributed by atoms with E-state index in [0.29, 0.717) is 6.42 Å². The minimum atomic E-state index is 0.626. The molecule has 95 valence electrons. The summed E-state index contributed by atoms with van der Waals surface area (Å²) in [5, 5.41) is 0. The number of hydrogen-bond donors (Lipinski definition) is 1. The molecule has 0 rings (SSSR count). The number of rotatable bonds is 13. The van der Waals surface area contributed by atoms with Crippen LogP contribution in [-0.2, 0) is 4.79 Å². The first-order valence-electron chi connectivity index (χ1n) is 6.97. The van der Waals surface area contributed by atoms with Crippen molar-refractivity contribution in [3.05, 3.63) is 0 Å². The average Bonchev–Trinajstić information content (AvgIpc) is 2.31. The molecule has 0 aliphatic carbocycles. The summed E-state index contributed by atoms with van der Waals surface area (Å²) >= 11 is 0. The molecule has 2 nitrogen and oxygen atoms in total. The van der Waals surface area contributed by atoms with Gasteiger partial charge in [-0.1, -0.05) is 57.8 Å². The largest absolute Gasteiger partial charge is 0.330 e. The van der Waals surface area contributed by atoms with Gasteiger partial charge in [0.2, 0.25) is 0 Å². The van der Waals surface area contributed by atoms with Gasteiger partial charge in [-0.2, -0.15) is 0 Å². The number of unbranched alkanes of at least 4 members (excludes halogenated alkanes) is 11. The second kappa shape index (κ2) is 14.6. The van der Waals surface area contributed by atoms with E-state index in [2.05, 4.69) is 0 Å². The Morgan fingerprint density at radius 3 is 1.38 bits per heavy atom. The van der Waals surface area contributed by atoms with Gasteiger partial charge < -0.3 is 5.73 Å². The molecule has 16 heavy (non-hydrogen) atoms. The molecule has 0 aromatic rings. The van der Waals surface area contributed by atoms with Gasteiger partial charge in [-0.05, 0) is 19.4 Å². The van der Waals surface area contributed by atoms with E-state index >= 15 is 0 Å². The van der Waals surface area contributed by atoms with Gasteiger partial charge in [0, 0.05) is 6.42 Å². The molecule has 0 aromatic heterocycles. The molecule has 0 amide bonds. The minimum absolute atomic E-state index is 0.626. The van der Waals surface area contributed by atoms with Gasteiger partial charge in [0.25, 0.3) is 0 Å². The minimum Gasteiger partial charge on any atom is -0.330 e. The topological polar surface area (TPSA) is 43.1 Å². The molecule has 0 aliphatic heterocycles. The lowest BCUT2D eigenvalue weighted by atomic mass is 10.1. The van der Waals surface area contributed by atoms with Gasteiger partial charge >= 0.3 is 0 Å². The fraction of sp³-hybridized carbons (Fsp3) is 0.929. The molecule has 0 bridgehead atoms. The molecule has 0 heterocycles. The molecule has 0 saturated carbocycles. The molecule has 2 heteroatoms. The van der Waals surface area contributed by atoms with Crippen molar-refractivity contribution < 1.29 is 4.79 Å². The Kier molecular flexibility index (Phi) is 14.3. The third-order valence-corrected chi connectivity index (χ3v) is 2.98. The van der Waals surface area contributed by atoms with E-state index in [1.54, 1.807) is 0 Å². The van der Waals surface area contributed by atoms with E-state index in [9.17, 15) is 4.79 Å². The van der Waals surface area contributed by atoms with Crippen LogP contribution >= 0.6 is 0 Å². The number of hydrogen-bond acceptors (Lipinski definition) is 2. The summed E-state index contributed by atoms with van der Waals surface area (Å²) in [6.07, 6.45) is 16.8.